The molecule has 0 radical (unpaired) electrons. The highest BCUT2D eigenvalue weighted by atomic mass is 32.2. The molecule has 3 aromatic rings. The fourth-order valence-corrected chi connectivity index (χ4v) is 4.78. The molecule has 0 saturated heterocycles. The predicted octanol–water partition coefficient (Wildman–Crippen LogP) is 4.00. The van der Waals surface area contributed by atoms with Gasteiger partial charge in [0.05, 0.1) is 18.8 Å². The molecule has 10 heteroatoms. The monoisotopic (exact) mass is 446 g/mol. The highest BCUT2D eigenvalue weighted by Crippen LogP contribution is 2.31. The van der Waals surface area contributed by atoms with Crippen molar-refractivity contribution in [1.82, 2.24) is 24.6 Å². The number of carbonyl (C=O) groups is 1. The summed E-state index contributed by atoms with van der Waals surface area (Å²) in [5.41, 5.74) is 1.87. The molecule has 8 nitrogen and oxygen atoms in total. The Kier molecular flexibility index (Phi) is 7.46. The normalized spacial score (nSPS) is 12.2. The molecule has 1 amide bonds. The van der Waals surface area contributed by atoms with Crippen LogP contribution >= 0.6 is 23.1 Å². The zero-order valence-corrected chi connectivity index (χ0v) is 19.4. The number of thioether (sulfide) groups is 1. The van der Waals surface area contributed by atoms with Gasteiger partial charge in [-0.3, -0.25) is 14.3 Å². The lowest BCUT2D eigenvalue weighted by molar-refractivity contribution is -0.114. The molecule has 2 aromatic heterocycles. The van der Waals surface area contributed by atoms with Crippen LogP contribution < -0.4 is 10.1 Å². The second kappa shape index (κ2) is 10.1. The molecule has 160 valence electrons. The highest BCUT2D eigenvalue weighted by molar-refractivity contribution is 7.98. The van der Waals surface area contributed by atoms with Crippen LogP contribution in [-0.4, -0.2) is 51.8 Å². The van der Waals surface area contributed by atoms with Crippen molar-refractivity contribution < 1.29 is 9.53 Å². The number of hydrogen-bond donors (Lipinski definition) is 1. The maximum Gasteiger partial charge on any atom is 0.223 e. The van der Waals surface area contributed by atoms with Crippen molar-refractivity contribution in [3.63, 3.8) is 0 Å². The van der Waals surface area contributed by atoms with Gasteiger partial charge in [-0.25, -0.2) is 4.98 Å². The Labute approximate surface area is 184 Å². The summed E-state index contributed by atoms with van der Waals surface area (Å²) >= 11 is 2.98. The Morgan fingerprint density at radius 3 is 2.63 bits per heavy atom. The number of carbonyl (C=O) groups excluding carboxylic acids is 1. The summed E-state index contributed by atoms with van der Waals surface area (Å²) in [6.07, 6.45) is 0.915. The van der Waals surface area contributed by atoms with Crippen LogP contribution in [-0.2, 0) is 10.5 Å². The number of rotatable bonds is 9. The molecule has 0 aliphatic carbocycles. The summed E-state index contributed by atoms with van der Waals surface area (Å²) in [6, 6.07) is 8.03. The van der Waals surface area contributed by atoms with Crippen molar-refractivity contribution in [2.45, 2.75) is 37.2 Å². The van der Waals surface area contributed by atoms with Gasteiger partial charge in [-0.2, -0.15) is 0 Å². The SMILES string of the molecule is CCC(c1nnc(SCc2csc(NC(C)=O)n2)n1-c1ccc(OC)cc1)N(C)C. The Morgan fingerprint density at radius 1 is 1.30 bits per heavy atom. The molecule has 1 N–H and O–H groups in total. The average Bonchev–Trinajstić information content (AvgIpc) is 3.33. The maximum absolute atomic E-state index is 11.2. The van der Waals surface area contributed by atoms with Gasteiger partial charge in [-0.15, -0.1) is 21.5 Å². The minimum absolute atomic E-state index is 0.123. The second-order valence-electron chi connectivity index (χ2n) is 6.88. The lowest BCUT2D eigenvalue weighted by Gasteiger charge is -2.23. The maximum atomic E-state index is 11.2. The van der Waals surface area contributed by atoms with Crippen molar-refractivity contribution in [3.05, 3.63) is 41.2 Å². The fourth-order valence-electron chi connectivity index (χ4n) is 3.06. The van der Waals surface area contributed by atoms with Crippen molar-refractivity contribution in [2.75, 3.05) is 26.5 Å². The van der Waals surface area contributed by atoms with Gasteiger partial charge in [-0.1, -0.05) is 18.7 Å². The van der Waals surface area contributed by atoms with Gasteiger partial charge in [0.25, 0.3) is 0 Å². The van der Waals surface area contributed by atoms with E-state index in [0.717, 1.165) is 34.5 Å². The van der Waals surface area contributed by atoms with Crippen LogP contribution in [0.15, 0.2) is 34.8 Å². The van der Waals surface area contributed by atoms with E-state index in [4.69, 9.17) is 4.74 Å². The quantitative estimate of drug-likeness (QED) is 0.497. The lowest BCUT2D eigenvalue weighted by atomic mass is 10.2. The standard InChI is InChI=1S/C20H26N6O2S2/c1-6-17(25(3)4)18-23-24-20(26(18)15-7-9-16(28-5)10-8-15)30-12-14-11-29-19(22-14)21-13(2)27/h7-11,17H,6,12H2,1-5H3,(H,21,22,27). The van der Waals surface area contributed by atoms with Crippen molar-refractivity contribution >= 4 is 34.1 Å². The van der Waals surface area contributed by atoms with E-state index in [-0.39, 0.29) is 11.9 Å². The minimum atomic E-state index is -0.123. The number of anilines is 1. The Hall–Kier alpha value is -2.43. The topological polar surface area (TPSA) is 85.2 Å². The van der Waals surface area contributed by atoms with Gasteiger partial charge >= 0.3 is 0 Å². The third-order valence-electron chi connectivity index (χ3n) is 4.48. The second-order valence-corrected chi connectivity index (χ2v) is 8.68. The zero-order valence-electron chi connectivity index (χ0n) is 17.7. The van der Waals surface area contributed by atoms with E-state index < -0.39 is 0 Å². The number of hydrogen-bond acceptors (Lipinski definition) is 8. The van der Waals surface area contributed by atoms with Crippen LogP contribution in [0.4, 0.5) is 5.13 Å². The summed E-state index contributed by atoms with van der Waals surface area (Å²) in [5, 5.41) is 15.1. The predicted molar refractivity (Wildman–Crippen MR) is 121 cm³/mol. The summed E-state index contributed by atoms with van der Waals surface area (Å²) in [7, 11) is 5.75. The fraction of sp³-hybridized carbons (Fsp3) is 0.400. The van der Waals surface area contributed by atoms with Crippen molar-refractivity contribution in [2.24, 2.45) is 0 Å². The van der Waals surface area contributed by atoms with Gasteiger partial charge in [-0.05, 0) is 44.8 Å². The number of amides is 1. The number of benzene rings is 1. The first kappa shape index (κ1) is 22.3. The first-order valence-corrected chi connectivity index (χ1v) is 11.4. The lowest BCUT2D eigenvalue weighted by Crippen LogP contribution is -2.22. The summed E-state index contributed by atoms with van der Waals surface area (Å²) in [5.74, 6) is 2.20. The number of ether oxygens (including phenoxy) is 1. The third-order valence-corrected chi connectivity index (χ3v) is 6.25. The van der Waals surface area contributed by atoms with Crippen LogP contribution in [0.3, 0.4) is 0 Å². The van der Waals surface area contributed by atoms with Gasteiger partial charge in [0.15, 0.2) is 16.1 Å². The van der Waals surface area contributed by atoms with Crippen LogP contribution in [0.5, 0.6) is 5.75 Å². The number of thiazole rings is 1. The molecule has 2 heterocycles. The molecule has 0 aliphatic heterocycles. The largest absolute Gasteiger partial charge is 0.497 e. The van der Waals surface area contributed by atoms with E-state index in [1.54, 1.807) is 18.9 Å². The van der Waals surface area contributed by atoms with Gasteiger partial charge in [0, 0.05) is 23.7 Å². The zero-order chi connectivity index (χ0) is 21.7. The Bertz CT molecular complexity index is 984. The molecule has 3 rings (SSSR count). The van der Waals surface area contributed by atoms with E-state index in [1.165, 1.54) is 18.3 Å². The summed E-state index contributed by atoms with van der Waals surface area (Å²) in [4.78, 5) is 17.8. The van der Waals surface area contributed by atoms with E-state index in [0.29, 0.717) is 10.9 Å². The molecule has 0 spiro atoms. The molecule has 1 atom stereocenters. The van der Waals surface area contributed by atoms with Crippen LogP contribution in [0, 0.1) is 0 Å². The van der Waals surface area contributed by atoms with Gasteiger partial charge in [0.1, 0.15) is 5.75 Å². The Balaban J connectivity index is 1.90. The van der Waals surface area contributed by atoms with E-state index in [1.807, 2.05) is 43.7 Å². The first-order chi connectivity index (χ1) is 14.4. The molecule has 1 aromatic carbocycles. The highest BCUT2D eigenvalue weighted by Gasteiger charge is 2.23. The van der Waals surface area contributed by atoms with Gasteiger partial charge in [0.2, 0.25) is 5.91 Å². The minimum Gasteiger partial charge on any atom is -0.497 e. The van der Waals surface area contributed by atoms with Crippen molar-refractivity contribution in [3.8, 4) is 11.4 Å². The average molecular weight is 447 g/mol. The van der Waals surface area contributed by atoms with E-state index >= 15 is 0 Å². The molecule has 0 saturated carbocycles. The summed E-state index contributed by atoms with van der Waals surface area (Å²) < 4.78 is 7.39. The summed E-state index contributed by atoms with van der Waals surface area (Å²) in [6.45, 7) is 3.62. The van der Waals surface area contributed by atoms with E-state index in [2.05, 4.69) is 36.9 Å². The van der Waals surface area contributed by atoms with E-state index in [9.17, 15) is 4.79 Å². The molecule has 30 heavy (non-hydrogen) atoms. The van der Waals surface area contributed by atoms with Crippen LogP contribution in [0.1, 0.15) is 37.8 Å². The molecule has 0 aliphatic rings. The Morgan fingerprint density at radius 2 is 2.03 bits per heavy atom. The molecule has 1 unspecified atom stereocenters. The smallest absolute Gasteiger partial charge is 0.223 e. The van der Waals surface area contributed by atoms with Crippen LogP contribution in [0.25, 0.3) is 5.69 Å². The molecular weight excluding hydrogens is 420 g/mol. The molecule has 0 fully saturated rings. The van der Waals surface area contributed by atoms with Crippen LogP contribution in [0.2, 0.25) is 0 Å². The number of nitrogens with zero attached hydrogens (tertiary/aromatic N) is 5. The number of aromatic nitrogens is 4. The number of nitrogens with one attached hydrogen (secondary N) is 1. The molecular formula is C20H26N6O2S2. The first-order valence-electron chi connectivity index (χ1n) is 9.53. The number of methoxy groups -OCH3 is 1. The molecule has 0 bridgehead atoms. The van der Waals surface area contributed by atoms with Crippen molar-refractivity contribution in [1.29, 1.82) is 0 Å². The van der Waals surface area contributed by atoms with Gasteiger partial charge < -0.3 is 10.1 Å². The third kappa shape index (κ3) is 5.18.